The van der Waals surface area contributed by atoms with Gasteiger partial charge in [0.25, 0.3) is 0 Å². The maximum absolute atomic E-state index is 12.5. The zero-order valence-electron chi connectivity index (χ0n) is 13.1. The van der Waals surface area contributed by atoms with Crippen LogP contribution < -0.4 is 5.32 Å². The van der Waals surface area contributed by atoms with Gasteiger partial charge in [-0.05, 0) is 24.3 Å². The van der Waals surface area contributed by atoms with Crippen LogP contribution in [0.5, 0.6) is 0 Å². The number of nitrogens with zero attached hydrogens (tertiary/aromatic N) is 3. The van der Waals surface area contributed by atoms with Crippen molar-refractivity contribution in [3.8, 4) is 0 Å². The lowest BCUT2D eigenvalue weighted by molar-refractivity contribution is 0.0671. The minimum absolute atomic E-state index is 0.0836. The molecule has 0 radical (unpaired) electrons. The zero-order chi connectivity index (χ0) is 15.8. The minimum atomic E-state index is -0.0836. The Balaban J connectivity index is 1.44. The topological polar surface area (TPSA) is 58.1 Å². The van der Waals surface area contributed by atoms with E-state index in [1.807, 2.05) is 23.1 Å². The summed E-state index contributed by atoms with van der Waals surface area (Å²) in [6, 6.07) is 10.2. The van der Waals surface area contributed by atoms with E-state index in [0.29, 0.717) is 17.5 Å². The van der Waals surface area contributed by atoms with Crippen LogP contribution in [-0.4, -0.2) is 27.4 Å². The highest BCUT2D eigenvalue weighted by atomic mass is 16.2. The monoisotopic (exact) mass is 308 g/mol. The van der Waals surface area contributed by atoms with Crippen LogP contribution in [0.15, 0.2) is 42.7 Å². The van der Waals surface area contributed by atoms with Gasteiger partial charge >= 0.3 is 6.03 Å². The number of urea groups is 1. The van der Waals surface area contributed by atoms with E-state index >= 15 is 0 Å². The molecule has 5 heteroatoms. The third-order valence-corrected chi connectivity index (χ3v) is 4.63. The van der Waals surface area contributed by atoms with Gasteiger partial charge in [-0.1, -0.05) is 37.3 Å². The molecule has 1 saturated heterocycles. The van der Waals surface area contributed by atoms with Crippen molar-refractivity contribution in [1.29, 1.82) is 0 Å². The first-order valence-corrected chi connectivity index (χ1v) is 8.17. The molecule has 2 fully saturated rings. The summed E-state index contributed by atoms with van der Waals surface area (Å²) in [5.41, 5.74) is 1.84. The standard InChI is InChI=1S/C18H20N4O/c1-12-11-22(16(12)13-5-3-2-4-6-13)18(23)21-15-9-19-17(20-10-15)14-7-8-14/h2-6,9-10,12,14,16H,7-8,11H2,1H3,(H,21,23)/t12-,16-/m1/s1. The molecule has 2 atom stereocenters. The second kappa shape index (κ2) is 5.65. The van der Waals surface area contributed by atoms with Gasteiger partial charge in [0.05, 0.1) is 24.1 Å². The molecule has 1 aromatic carbocycles. The molecular formula is C18H20N4O. The molecule has 1 saturated carbocycles. The second-order valence-electron chi connectivity index (χ2n) is 6.52. The van der Waals surface area contributed by atoms with Crippen molar-refractivity contribution in [3.05, 3.63) is 54.1 Å². The number of likely N-dealkylation sites (tertiary alicyclic amines) is 1. The van der Waals surface area contributed by atoms with Crippen molar-refractivity contribution < 1.29 is 4.79 Å². The fraction of sp³-hybridized carbons (Fsp3) is 0.389. The van der Waals surface area contributed by atoms with Crippen LogP contribution in [0.1, 0.15) is 43.1 Å². The molecule has 1 aliphatic carbocycles. The van der Waals surface area contributed by atoms with Crippen molar-refractivity contribution in [2.45, 2.75) is 31.7 Å². The molecule has 5 nitrogen and oxygen atoms in total. The molecule has 0 bridgehead atoms. The largest absolute Gasteiger partial charge is 0.322 e. The molecule has 1 N–H and O–H groups in total. The van der Waals surface area contributed by atoms with Gasteiger partial charge in [-0.25, -0.2) is 14.8 Å². The van der Waals surface area contributed by atoms with E-state index in [2.05, 4.69) is 34.3 Å². The summed E-state index contributed by atoms with van der Waals surface area (Å²) < 4.78 is 0. The normalized spacial score (nSPS) is 23.3. The number of amides is 2. The van der Waals surface area contributed by atoms with Crippen LogP contribution in [0.4, 0.5) is 10.5 Å². The molecule has 0 spiro atoms. The third-order valence-electron chi connectivity index (χ3n) is 4.63. The highest BCUT2D eigenvalue weighted by molar-refractivity contribution is 5.89. The lowest BCUT2D eigenvalue weighted by atomic mass is 9.85. The Morgan fingerprint density at radius 1 is 1.17 bits per heavy atom. The van der Waals surface area contributed by atoms with Crippen molar-refractivity contribution >= 4 is 11.7 Å². The molecule has 1 aromatic heterocycles. The van der Waals surface area contributed by atoms with E-state index in [1.165, 1.54) is 18.4 Å². The van der Waals surface area contributed by atoms with Crippen LogP contribution >= 0.6 is 0 Å². The lowest BCUT2D eigenvalue weighted by Crippen LogP contribution is -2.53. The molecule has 2 heterocycles. The van der Waals surface area contributed by atoms with Gasteiger partial charge in [0.15, 0.2) is 0 Å². The average Bonchev–Trinajstić information content (AvgIpc) is 3.39. The Kier molecular flexibility index (Phi) is 3.48. The Labute approximate surface area is 135 Å². The smallest absolute Gasteiger partial charge is 0.317 e. The number of nitrogens with one attached hydrogen (secondary N) is 1. The molecular weight excluding hydrogens is 288 g/mol. The summed E-state index contributed by atoms with van der Waals surface area (Å²) in [6.07, 6.45) is 5.77. The van der Waals surface area contributed by atoms with Crippen molar-refractivity contribution in [2.24, 2.45) is 5.92 Å². The van der Waals surface area contributed by atoms with E-state index in [9.17, 15) is 4.79 Å². The Hall–Kier alpha value is -2.43. The highest BCUT2D eigenvalue weighted by Gasteiger charge is 2.40. The van der Waals surface area contributed by atoms with Crippen LogP contribution in [0.2, 0.25) is 0 Å². The maximum atomic E-state index is 12.5. The van der Waals surface area contributed by atoms with E-state index < -0.39 is 0 Å². The first-order chi connectivity index (χ1) is 11.2. The summed E-state index contributed by atoms with van der Waals surface area (Å²) in [5.74, 6) is 1.89. The van der Waals surface area contributed by atoms with E-state index in [1.54, 1.807) is 12.4 Å². The predicted molar refractivity (Wildman–Crippen MR) is 88.1 cm³/mol. The summed E-state index contributed by atoms with van der Waals surface area (Å²) in [6.45, 7) is 2.95. The number of anilines is 1. The molecule has 23 heavy (non-hydrogen) atoms. The number of hydrogen-bond donors (Lipinski definition) is 1. The molecule has 0 unspecified atom stereocenters. The van der Waals surface area contributed by atoms with Gasteiger partial charge in [0, 0.05) is 12.5 Å². The molecule has 1 aliphatic heterocycles. The first-order valence-electron chi connectivity index (χ1n) is 8.17. The van der Waals surface area contributed by atoms with Crippen LogP contribution in [0.3, 0.4) is 0 Å². The van der Waals surface area contributed by atoms with E-state index in [4.69, 9.17) is 0 Å². The second-order valence-corrected chi connectivity index (χ2v) is 6.52. The Morgan fingerprint density at radius 2 is 1.87 bits per heavy atom. The molecule has 2 aromatic rings. The summed E-state index contributed by atoms with van der Waals surface area (Å²) in [7, 11) is 0. The van der Waals surface area contributed by atoms with E-state index in [-0.39, 0.29) is 12.1 Å². The fourth-order valence-corrected chi connectivity index (χ4v) is 3.21. The van der Waals surface area contributed by atoms with Gasteiger partial charge in [-0.3, -0.25) is 0 Å². The molecule has 4 rings (SSSR count). The summed E-state index contributed by atoms with van der Waals surface area (Å²) >= 11 is 0. The average molecular weight is 308 g/mol. The number of rotatable bonds is 3. The Bertz CT molecular complexity index is 697. The van der Waals surface area contributed by atoms with Crippen LogP contribution in [0, 0.1) is 5.92 Å². The number of carbonyl (C=O) groups is 1. The first kappa shape index (κ1) is 14.2. The van der Waals surface area contributed by atoms with Crippen LogP contribution in [-0.2, 0) is 0 Å². The number of hydrogen-bond acceptors (Lipinski definition) is 3. The minimum Gasteiger partial charge on any atom is -0.317 e. The van der Waals surface area contributed by atoms with Gasteiger partial charge in [-0.2, -0.15) is 0 Å². The lowest BCUT2D eigenvalue weighted by Gasteiger charge is -2.46. The highest BCUT2D eigenvalue weighted by Crippen LogP contribution is 2.39. The van der Waals surface area contributed by atoms with Crippen molar-refractivity contribution in [3.63, 3.8) is 0 Å². The quantitative estimate of drug-likeness (QED) is 0.943. The molecule has 2 amide bonds. The number of aromatic nitrogens is 2. The summed E-state index contributed by atoms with van der Waals surface area (Å²) in [5, 5.41) is 2.91. The van der Waals surface area contributed by atoms with Gasteiger partial charge < -0.3 is 10.2 Å². The summed E-state index contributed by atoms with van der Waals surface area (Å²) in [4.78, 5) is 23.1. The van der Waals surface area contributed by atoms with Gasteiger partial charge in [0.1, 0.15) is 5.82 Å². The van der Waals surface area contributed by atoms with Gasteiger partial charge in [0.2, 0.25) is 0 Å². The number of benzene rings is 1. The number of carbonyl (C=O) groups excluding carboxylic acids is 1. The zero-order valence-corrected chi connectivity index (χ0v) is 13.1. The third kappa shape index (κ3) is 2.79. The fourth-order valence-electron chi connectivity index (χ4n) is 3.21. The Morgan fingerprint density at radius 3 is 2.48 bits per heavy atom. The van der Waals surface area contributed by atoms with E-state index in [0.717, 1.165) is 12.4 Å². The van der Waals surface area contributed by atoms with Crippen molar-refractivity contribution in [2.75, 3.05) is 11.9 Å². The maximum Gasteiger partial charge on any atom is 0.322 e. The van der Waals surface area contributed by atoms with Crippen molar-refractivity contribution in [1.82, 2.24) is 14.9 Å². The molecule has 2 aliphatic rings. The predicted octanol–water partition coefficient (Wildman–Crippen LogP) is 3.58. The SMILES string of the molecule is C[C@@H]1CN(C(=O)Nc2cnc(C3CC3)nc2)[C@H]1c1ccccc1. The van der Waals surface area contributed by atoms with Crippen LogP contribution in [0.25, 0.3) is 0 Å². The van der Waals surface area contributed by atoms with Gasteiger partial charge in [-0.15, -0.1) is 0 Å². The molecule has 118 valence electrons.